The molecule has 0 radical (unpaired) electrons. The number of anilines is 2. The highest BCUT2D eigenvalue weighted by Gasteiger charge is 2.10. The smallest absolute Gasteiger partial charge is 0.238 e. The van der Waals surface area contributed by atoms with Gasteiger partial charge in [0.25, 0.3) is 0 Å². The number of aromatic nitrogens is 1. The van der Waals surface area contributed by atoms with E-state index in [0.29, 0.717) is 29.4 Å². The van der Waals surface area contributed by atoms with E-state index in [-0.39, 0.29) is 4.90 Å². The lowest BCUT2D eigenvalue weighted by atomic mass is 10.2. The quantitative estimate of drug-likeness (QED) is 0.713. The molecule has 5 N–H and O–H groups in total. The summed E-state index contributed by atoms with van der Waals surface area (Å²) in [7, 11) is -3.78. The van der Waals surface area contributed by atoms with Crippen LogP contribution in [0.25, 0.3) is 0 Å². The van der Waals surface area contributed by atoms with Gasteiger partial charge in [-0.1, -0.05) is 5.16 Å². The minimum absolute atomic E-state index is 0.0358. The third kappa shape index (κ3) is 3.46. The molecule has 0 aliphatic heterocycles. The van der Waals surface area contributed by atoms with Gasteiger partial charge in [-0.15, -0.1) is 0 Å². The Morgan fingerprint density at radius 2 is 2.05 bits per heavy atom. The van der Waals surface area contributed by atoms with E-state index in [1.165, 1.54) is 12.1 Å². The summed E-state index contributed by atoms with van der Waals surface area (Å²) in [6.07, 6.45) is 0. The standard InChI is InChI=1S/C11H14N4O3S/c1-7-2-10(15-18-7)6-14-9-3-8(12)4-11(5-9)19(13,16)17/h2-5,14H,6,12H2,1H3,(H2,13,16,17). The number of aryl methyl sites for hydroxylation is 1. The lowest BCUT2D eigenvalue weighted by Crippen LogP contribution is -2.13. The fourth-order valence-electron chi connectivity index (χ4n) is 1.58. The lowest BCUT2D eigenvalue weighted by molar-refractivity contribution is 0.391. The molecule has 7 nitrogen and oxygen atoms in total. The van der Waals surface area contributed by atoms with Crippen LogP contribution in [0.1, 0.15) is 11.5 Å². The highest BCUT2D eigenvalue weighted by Crippen LogP contribution is 2.20. The molecule has 0 spiro atoms. The zero-order chi connectivity index (χ0) is 14.0. The van der Waals surface area contributed by atoms with Crippen molar-refractivity contribution in [1.29, 1.82) is 0 Å². The second-order valence-corrected chi connectivity index (χ2v) is 5.68. The fourth-order valence-corrected chi connectivity index (χ4v) is 2.17. The Labute approximate surface area is 110 Å². The lowest BCUT2D eigenvalue weighted by Gasteiger charge is -2.07. The van der Waals surface area contributed by atoms with E-state index in [2.05, 4.69) is 10.5 Å². The number of nitrogen functional groups attached to an aromatic ring is 1. The molecule has 1 aromatic carbocycles. The molecule has 0 saturated heterocycles. The first kappa shape index (κ1) is 13.4. The molecule has 102 valence electrons. The van der Waals surface area contributed by atoms with Gasteiger partial charge < -0.3 is 15.6 Å². The van der Waals surface area contributed by atoms with Crippen molar-refractivity contribution in [3.63, 3.8) is 0 Å². The first-order valence-corrected chi connectivity index (χ1v) is 6.98. The summed E-state index contributed by atoms with van der Waals surface area (Å²) in [5.41, 5.74) is 7.20. The van der Waals surface area contributed by atoms with Crippen LogP contribution >= 0.6 is 0 Å². The summed E-state index contributed by atoms with van der Waals surface area (Å²) >= 11 is 0. The largest absolute Gasteiger partial charge is 0.399 e. The summed E-state index contributed by atoms with van der Waals surface area (Å²) in [5, 5.41) is 11.9. The van der Waals surface area contributed by atoms with Gasteiger partial charge in [-0.3, -0.25) is 0 Å². The number of nitrogens with zero attached hydrogens (tertiary/aromatic N) is 1. The molecule has 19 heavy (non-hydrogen) atoms. The summed E-state index contributed by atoms with van der Waals surface area (Å²) in [6, 6.07) is 6.11. The Kier molecular flexibility index (Phi) is 3.45. The Balaban J connectivity index is 2.19. The van der Waals surface area contributed by atoms with Crippen LogP contribution in [0.2, 0.25) is 0 Å². The fraction of sp³-hybridized carbons (Fsp3) is 0.182. The summed E-state index contributed by atoms with van der Waals surface area (Å²) in [6.45, 7) is 2.18. The van der Waals surface area contributed by atoms with Gasteiger partial charge in [-0.25, -0.2) is 13.6 Å². The topological polar surface area (TPSA) is 124 Å². The number of benzene rings is 1. The molecule has 1 aromatic heterocycles. The minimum atomic E-state index is -3.78. The molecular weight excluding hydrogens is 268 g/mol. The maximum absolute atomic E-state index is 11.3. The number of sulfonamides is 1. The van der Waals surface area contributed by atoms with Gasteiger partial charge in [0.15, 0.2) is 0 Å². The van der Waals surface area contributed by atoms with E-state index < -0.39 is 10.0 Å². The van der Waals surface area contributed by atoms with Crippen LogP contribution in [-0.2, 0) is 16.6 Å². The zero-order valence-electron chi connectivity index (χ0n) is 10.3. The molecule has 0 amide bonds. The van der Waals surface area contributed by atoms with Gasteiger partial charge in [0, 0.05) is 17.4 Å². The van der Waals surface area contributed by atoms with E-state index in [4.69, 9.17) is 15.4 Å². The van der Waals surface area contributed by atoms with Crippen molar-refractivity contribution < 1.29 is 12.9 Å². The van der Waals surface area contributed by atoms with Crippen LogP contribution < -0.4 is 16.2 Å². The van der Waals surface area contributed by atoms with Crippen molar-refractivity contribution in [1.82, 2.24) is 5.16 Å². The summed E-state index contributed by atoms with van der Waals surface area (Å²) in [5.74, 6) is 0.703. The second kappa shape index (κ2) is 4.90. The molecule has 0 bridgehead atoms. The number of primary sulfonamides is 1. The molecule has 0 aliphatic rings. The average Bonchev–Trinajstić information content (AvgIpc) is 2.71. The first-order chi connectivity index (χ1) is 8.84. The number of hydrogen-bond donors (Lipinski definition) is 3. The van der Waals surface area contributed by atoms with Gasteiger partial charge in [-0.05, 0) is 25.1 Å². The number of hydrogen-bond acceptors (Lipinski definition) is 6. The van der Waals surface area contributed by atoms with Gasteiger partial charge in [0.2, 0.25) is 10.0 Å². The zero-order valence-corrected chi connectivity index (χ0v) is 11.1. The van der Waals surface area contributed by atoms with Crippen molar-refractivity contribution in [2.24, 2.45) is 5.14 Å². The van der Waals surface area contributed by atoms with Crippen molar-refractivity contribution >= 4 is 21.4 Å². The van der Waals surface area contributed by atoms with E-state index >= 15 is 0 Å². The molecular formula is C11H14N4O3S. The normalized spacial score (nSPS) is 11.5. The van der Waals surface area contributed by atoms with E-state index in [0.717, 1.165) is 0 Å². The van der Waals surface area contributed by atoms with Gasteiger partial charge in [0.05, 0.1) is 11.4 Å². The van der Waals surface area contributed by atoms with E-state index in [1.54, 1.807) is 19.1 Å². The van der Waals surface area contributed by atoms with Crippen LogP contribution in [0.5, 0.6) is 0 Å². The van der Waals surface area contributed by atoms with Crippen LogP contribution in [-0.4, -0.2) is 13.6 Å². The second-order valence-electron chi connectivity index (χ2n) is 4.12. The van der Waals surface area contributed by atoms with Gasteiger partial charge in [-0.2, -0.15) is 0 Å². The van der Waals surface area contributed by atoms with E-state index in [1.807, 2.05) is 0 Å². The third-order valence-corrected chi connectivity index (χ3v) is 3.30. The monoisotopic (exact) mass is 282 g/mol. The minimum Gasteiger partial charge on any atom is -0.399 e. The predicted octanol–water partition coefficient (Wildman–Crippen LogP) is 0.825. The Morgan fingerprint density at radius 1 is 1.32 bits per heavy atom. The van der Waals surface area contributed by atoms with Crippen molar-refractivity contribution in [3.8, 4) is 0 Å². The first-order valence-electron chi connectivity index (χ1n) is 5.44. The van der Waals surface area contributed by atoms with Gasteiger partial charge >= 0.3 is 0 Å². The Morgan fingerprint density at radius 3 is 2.63 bits per heavy atom. The molecule has 0 fully saturated rings. The Bertz CT molecular complexity index is 694. The van der Waals surface area contributed by atoms with Gasteiger partial charge in [0.1, 0.15) is 11.5 Å². The van der Waals surface area contributed by atoms with Crippen LogP contribution in [0.3, 0.4) is 0 Å². The molecule has 0 unspecified atom stereocenters. The highest BCUT2D eigenvalue weighted by atomic mass is 32.2. The predicted molar refractivity (Wildman–Crippen MR) is 70.8 cm³/mol. The molecule has 1 heterocycles. The van der Waals surface area contributed by atoms with Crippen molar-refractivity contribution in [2.45, 2.75) is 18.4 Å². The average molecular weight is 282 g/mol. The van der Waals surface area contributed by atoms with Crippen LogP contribution in [0.4, 0.5) is 11.4 Å². The highest BCUT2D eigenvalue weighted by molar-refractivity contribution is 7.89. The molecule has 2 rings (SSSR count). The number of rotatable bonds is 4. The molecule has 0 atom stereocenters. The number of nitrogens with one attached hydrogen (secondary N) is 1. The summed E-state index contributed by atoms with van der Waals surface area (Å²) in [4.78, 5) is -0.0358. The third-order valence-electron chi connectivity index (χ3n) is 2.41. The van der Waals surface area contributed by atoms with Crippen LogP contribution in [0, 0.1) is 6.92 Å². The van der Waals surface area contributed by atoms with Crippen molar-refractivity contribution in [2.75, 3.05) is 11.1 Å². The molecule has 0 saturated carbocycles. The maximum atomic E-state index is 11.3. The molecule has 2 aromatic rings. The molecule has 8 heteroatoms. The van der Waals surface area contributed by atoms with E-state index in [9.17, 15) is 8.42 Å². The molecule has 0 aliphatic carbocycles. The van der Waals surface area contributed by atoms with Crippen LogP contribution in [0.15, 0.2) is 33.7 Å². The summed E-state index contributed by atoms with van der Waals surface area (Å²) < 4.78 is 27.5. The van der Waals surface area contributed by atoms with Crippen molar-refractivity contribution in [3.05, 3.63) is 35.7 Å². The number of nitrogens with two attached hydrogens (primary N) is 2. The Hall–Kier alpha value is -2.06. The SMILES string of the molecule is Cc1cc(CNc2cc(N)cc(S(N)(=O)=O)c2)no1. The maximum Gasteiger partial charge on any atom is 0.238 e.